The molecule has 0 aliphatic heterocycles. The van der Waals surface area contributed by atoms with Gasteiger partial charge in [-0.25, -0.2) is 8.78 Å². The van der Waals surface area contributed by atoms with Gasteiger partial charge in [-0.2, -0.15) is 0 Å². The number of hydrogen-bond donors (Lipinski definition) is 1. The number of aromatic nitrogens is 2. The van der Waals surface area contributed by atoms with Crippen LogP contribution in [-0.2, 0) is 35.7 Å². The molecule has 1 radical (unpaired) electrons. The van der Waals surface area contributed by atoms with Crippen molar-refractivity contribution in [2.24, 2.45) is 11.8 Å². The molecule has 1 N–H and O–H groups in total. The summed E-state index contributed by atoms with van der Waals surface area (Å²) >= 11 is 0. The van der Waals surface area contributed by atoms with E-state index in [1.165, 1.54) is 11.1 Å². The fourth-order valence-electron chi connectivity index (χ4n) is 6.93. The van der Waals surface area contributed by atoms with Crippen molar-refractivity contribution < 1.29 is 44.3 Å². The number of pyridine rings is 2. The van der Waals surface area contributed by atoms with E-state index < -0.39 is 18.3 Å². The monoisotopic (exact) mass is 1010 g/mol. The molecule has 2 heterocycles. The minimum absolute atomic E-state index is 0. The zero-order valence-corrected chi connectivity index (χ0v) is 40.2. The van der Waals surface area contributed by atoms with Gasteiger partial charge in [-0.1, -0.05) is 125 Å². The average molecular weight is 1010 g/mol. The van der Waals surface area contributed by atoms with E-state index in [1.54, 1.807) is 6.92 Å². The first-order valence-electron chi connectivity index (χ1n) is 22.9. The van der Waals surface area contributed by atoms with Gasteiger partial charge < -0.3 is 15.1 Å². The maximum absolute atomic E-state index is 12.9. The number of aliphatic hydroxyl groups excluding tert-OH is 1. The number of halogens is 2. The van der Waals surface area contributed by atoms with E-state index in [4.69, 9.17) is 5.48 Å². The van der Waals surface area contributed by atoms with Crippen molar-refractivity contribution in [3.05, 3.63) is 143 Å². The second-order valence-corrected chi connectivity index (χ2v) is 17.8. The summed E-state index contributed by atoms with van der Waals surface area (Å²) in [5.41, 5.74) is 7.85. The first-order chi connectivity index (χ1) is 29.8. The predicted octanol–water partition coefficient (Wildman–Crippen LogP) is 15.1. The normalized spacial score (nSPS) is 13.5. The number of aliphatic hydroxyl groups is 1. The Balaban J connectivity index is 0.000000260. The van der Waals surface area contributed by atoms with E-state index in [0.717, 1.165) is 68.2 Å². The first-order valence-corrected chi connectivity index (χ1v) is 20.9. The van der Waals surface area contributed by atoms with Crippen LogP contribution >= 0.6 is 0 Å². The molecule has 4 nitrogen and oxygen atoms in total. The maximum atomic E-state index is 12.9. The quantitative estimate of drug-likeness (QED) is 0.0844. The van der Waals surface area contributed by atoms with E-state index in [0.29, 0.717) is 19.3 Å². The number of carbonyl (C=O) groups is 1. The summed E-state index contributed by atoms with van der Waals surface area (Å²) in [4.78, 5) is 20.5. The molecule has 1 atom stereocenters. The molecular formula is C54H64F2IrN2O2-2. The zero-order chi connectivity index (χ0) is 47.9. The molecule has 0 bridgehead atoms. The van der Waals surface area contributed by atoms with Gasteiger partial charge in [-0.15, -0.1) is 69.8 Å². The Morgan fingerprint density at radius 1 is 0.705 bits per heavy atom. The summed E-state index contributed by atoms with van der Waals surface area (Å²) in [5.74, 6) is -4.00. The van der Waals surface area contributed by atoms with Gasteiger partial charge in [0, 0.05) is 56.8 Å². The van der Waals surface area contributed by atoms with Crippen LogP contribution in [0.1, 0.15) is 123 Å². The van der Waals surface area contributed by atoms with Gasteiger partial charge in [0.05, 0.1) is 11.2 Å². The van der Waals surface area contributed by atoms with Crippen LogP contribution in [0, 0.1) is 37.8 Å². The van der Waals surface area contributed by atoms with Crippen molar-refractivity contribution in [1.29, 1.82) is 0 Å². The molecule has 61 heavy (non-hydrogen) atoms. The molecule has 7 heteroatoms. The summed E-state index contributed by atoms with van der Waals surface area (Å²) in [6.07, 6.45) is 2.50. The van der Waals surface area contributed by atoms with Crippen molar-refractivity contribution in [1.82, 2.24) is 9.97 Å². The number of benzene rings is 4. The maximum Gasteiger partial charge on any atom is 0.246 e. The van der Waals surface area contributed by atoms with Crippen molar-refractivity contribution in [3.63, 3.8) is 0 Å². The molecule has 0 aliphatic rings. The fraction of sp³-hybridized carbons (Fsp3) is 0.389. The van der Waals surface area contributed by atoms with Gasteiger partial charge in [-0.3, -0.25) is 4.79 Å². The van der Waals surface area contributed by atoms with Gasteiger partial charge in [0.15, 0.2) is 5.78 Å². The zero-order valence-electron chi connectivity index (χ0n) is 41.8. The minimum atomic E-state index is -2.83. The molecule has 0 fully saturated rings. The Bertz CT molecular complexity index is 2480. The Hall–Kier alpha value is -4.58. The van der Waals surface area contributed by atoms with Crippen molar-refractivity contribution >= 4 is 27.3 Å². The fourth-order valence-corrected chi connectivity index (χ4v) is 6.93. The SMILES string of the molecule is CCC(CC)C(=O)/C=C(\O)C(CC)CC(C)(F)F.[2H]c1nc(-c2[c-]c(C)cc(C(C)(C)C)c2)c2ccccc2c1[2H].[2H]c1nc(-c2[c-]c(C)cc(C(C)(C)C)c2)c2ccccc2c1[2H].[Ir]. The third-order valence-corrected chi connectivity index (χ3v) is 10.5. The summed E-state index contributed by atoms with van der Waals surface area (Å²) < 4.78 is 58.0. The molecule has 0 aliphatic carbocycles. The molecule has 2 aromatic heterocycles. The summed E-state index contributed by atoms with van der Waals surface area (Å²) in [5, 5.41) is 13.1. The van der Waals surface area contributed by atoms with Crippen LogP contribution in [0.4, 0.5) is 8.78 Å². The number of allylic oxidation sites excluding steroid dienone is 2. The number of fused-ring (bicyclic) bond motifs is 2. The molecule has 0 saturated carbocycles. The van der Waals surface area contributed by atoms with Crippen LogP contribution in [0.2, 0.25) is 0 Å². The third-order valence-electron chi connectivity index (χ3n) is 10.5. The van der Waals surface area contributed by atoms with Gasteiger partial charge in [0.1, 0.15) is 0 Å². The number of ketones is 1. The summed E-state index contributed by atoms with van der Waals surface area (Å²) in [6.45, 7) is 23.5. The van der Waals surface area contributed by atoms with Crippen molar-refractivity contribution in [2.45, 2.75) is 126 Å². The van der Waals surface area contributed by atoms with Crippen LogP contribution in [0.25, 0.3) is 44.1 Å². The van der Waals surface area contributed by atoms with Crippen LogP contribution in [0.5, 0.6) is 0 Å². The smallest absolute Gasteiger partial charge is 0.246 e. The average Bonchev–Trinajstić information content (AvgIpc) is 3.22. The van der Waals surface area contributed by atoms with E-state index in [-0.39, 0.29) is 72.8 Å². The van der Waals surface area contributed by atoms with Gasteiger partial charge in [-0.05, 0) is 82.0 Å². The molecule has 0 spiro atoms. The molecule has 0 amide bonds. The molecule has 327 valence electrons. The van der Waals surface area contributed by atoms with Gasteiger partial charge >= 0.3 is 0 Å². The Labute approximate surface area is 383 Å². The van der Waals surface area contributed by atoms with E-state index >= 15 is 0 Å². The van der Waals surface area contributed by atoms with Crippen molar-refractivity contribution in [3.8, 4) is 22.5 Å². The summed E-state index contributed by atoms with van der Waals surface area (Å²) in [6, 6.07) is 30.9. The summed E-state index contributed by atoms with van der Waals surface area (Å²) in [7, 11) is 0. The number of alkyl halides is 2. The van der Waals surface area contributed by atoms with Crippen LogP contribution < -0.4 is 0 Å². The van der Waals surface area contributed by atoms with Crippen LogP contribution in [0.3, 0.4) is 0 Å². The van der Waals surface area contributed by atoms with E-state index in [9.17, 15) is 18.7 Å². The molecular weight excluding hydrogens is 939 g/mol. The second kappa shape index (κ2) is 22.0. The molecule has 6 aromatic rings. The molecule has 6 rings (SSSR count). The Kier molecular flexibility index (Phi) is 16.0. The van der Waals surface area contributed by atoms with E-state index in [1.807, 2.05) is 76.2 Å². The number of rotatable bonds is 10. The van der Waals surface area contributed by atoms with Gasteiger partial charge in [0.2, 0.25) is 5.92 Å². The molecule has 0 saturated heterocycles. The van der Waals surface area contributed by atoms with Gasteiger partial charge in [0.25, 0.3) is 0 Å². The third kappa shape index (κ3) is 14.5. The van der Waals surface area contributed by atoms with Crippen LogP contribution in [-0.4, -0.2) is 26.8 Å². The van der Waals surface area contributed by atoms with Crippen molar-refractivity contribution in [2.75, 3.05) is 0 Å². The largest absolute Gasteiger partial charge is 0.512 e. The Morgan fingerprint density at radius 2 is 1.10 bits per heavy atom. The number of nitrogens with zero attached hydrogens (tertiary/aromatic N) is 2. The number of aryl methyl sites for hydroxylation is 2. The number of hydrogen-bond acceptors (Lipinski definition) is 4. The number of carbonyl (C=O) groups excluding carboxylic acids is 1. The predicted molar refractivity (Wildman–Crippen MR) is 248 cm³/mol. The molecule has 4 aromatic carbocycles. The topological polar surface area (TPSA) is 63.1 Å². The first kappa shape index (κ1) is 44.5. The van der Waals surface area contributed by atoms with Crippen LogP contribution in [0.15, 0.2) is 109 Å². The molecule has 1 unspecified atom stereocenters. The Morgan fingerprint density at radius 3 is 1.46 bits per heavy atom. The minimum Gasteiger partial charge on any atom is -0.512 e. The van der Waals surface area contributed by atoms with E-state index in [2.05, 4.69) is 87.9 Å². The standard InChI is InChI=1S/2C20H20N.C14H24F2O2.Ir/c2*1-14-11-16(13-17(12-14)20(2,3)4)19-18-8-6-5-7-15(18)9-10-21-19;1-5-10(6-2)12(17)8-13(18)11(7-3)9-14(4,15)16;/h2*5-10,12-13H,1-4H3;8,10-11,18H,5-7,9H2,1-4H3;/q2*-1;;/b;;13-8-;/i2*9D,10D;;. The second-order valence-electron chi connectivity index (χ2n) is 17.8.